The number of ether oxygens (including phenoxy) is 3. The number of rotatable bonds is 18. The topological polar surface area (TPSA) is 336 Å². The number of nitrogens with zero attached hydrogens (tertiary/aromatic N) is 6. The van der Waals surface area contributed by atoms with Crippen molar-refractivity contribution in [3.8, 4) is 12.3 Å². The Labute approximate surface area is 314 Å². The molecule has 0 aliphatic carbocycles. The monoisotopic (exact) mass is 775 g/mol. The van der Waals surface area contributed by atoms with Gasteiger partial charge in [0.15, 0.2) is 12.5 Å². The summed E-state index contributed by atoms with van der Waals surface area (Å²) in [6.07, 6.45) is -8.26. The third-order valence-electron chi connectivity index (χ3n) is 8.92. The number of carbonyl (C=O) groups is 3. The Morgan fingerprint density at radius 3 is 2.38 bits per heavy atom. The summed E-state index contributed by atoms with van der Waals surface area (Å²) in [5.74, 6) is 0.982. The predicted octanol–water partition coefficient (Wildman–Crippen LogP) is -3.22. The molecule has 0 spiro atoms. The number of amides is 3. The molecule has 0 bridgehead atoms. The van der Waals surface area contributed by atoms with Crippen LogP contribution in [0, 0.1) is 12.3 Å². The van der Waals surface area contributed by atoms with Gasteiger partial charge in [0.1, 0.15) is 54.9 Å². The number of aromatic nitrogens is 3. The van der Waals surface area contributed by atoms with Gasteiger partial charge < -0.3 is 65.9 Å². The second-order valence-electron chi connectivity index (χ2n) is 12.7. The zero-order valence-electron chi connectivity index (χ0n) is 29.4. The number of aliphatic hydroxyl groups excluding tert-OH is 7. The lowest BCUT2D eigenvalue weighted by Crippen LogP contribution is -2.63. The number of terminal acetylenes is 1. The fourth-order valence-corrected chi connectivity index (χ4v) is 5.89. The lowest BCUT2D eigenvalue weighted by molar-refractivity contribution is -0.347. The molecule has 1 unspecified atom stereocenters. The van der Waals surface area contributed by atoms with Gasteiger partial charge in [-0.3, -0.25) is 14.4 Å². The molecule has 55 heavy (non-hydrogen) atoms. The van der Waals surface area contributed by atoms with E-state index in [9.17, 15) is 50.1 Å². The van der Waals surface area contributed by atoms with Gasteiger partial charge in [0.05, 0.1) is 31.6 Å². The summed E-state index contributed by atoms with van der Waals surface area (Å²) in [6.45, 7) is -1.24. The van der Waals surface area contributed by atoms with Crippen LogP contribution in [-0.2, 0) is 30.2 Å². The molecule has 2 saturated heterocycles. The van der Waals surface area contributed by atoms with Crippen molar-refractivity contribution in [2.24, 2.45) is 5.11 Å². The van der Waals surface area contributed by atoms with Crippen molar-refractivity contribution in [2.75, 3.05) is 26.3 Å². The highest BCUT2D eigenvalue weighted by atomic mass is 16.7. The SMILES string of the molecule is C#CCNC(=O)C(CCCCNC(=O)c1ccc(N=[N+]=[N-])cc1)NC(=O)CCc1cn([C@@H]2O[C@H](CO)[C@@H](O[C@@H]3O[C@H](CO)[C@H](O)[C@H](O)[C@H]3O)[C@H](O)[C@H]2O)nn1. The first-order chi connectivity index (χ1) is 26.4. The van der Waals surface area contributed by atoms with Gasteiger partial charge in [0.2, 0.25) is 11.8 Å². The third-order valence-corrected chi connectivity index (χ3v) is 8.92. The van der Waals surface area contributed by atoms with E-state index in [1.807, 2.05) is 0 Å². The lowest BCUT2D eigenvalue weighted by Gasteiger charge is -2.45. The minimum atomic E-state index is -1.81. The van der Waals surface area contributed by atoms with E-state index in [-0.39, 0.29) is 37.4 Å². The molecule has 11 atom stereocenters. The Bertz CT molecular complexity index is 1660. The molecule has 0 saturated carbocycles. The minimum absolute atomic E-state index is 0.0397. The molecule has 1 aromatic carbocycles. The Kier molecular flexibility index (Phi) is 16.2. The van der Waals surface area contributed by atoms with Crippen LogP contribution >= 0.6 is 0 Å². The molecule has 0 radical (unpaired) electrons. The quantitative estimate of drug-likeness (QED) is 0.0234. The first-order valence-corrected chi connectivity index (χ1v) is 17.3. The highest BCUT2D eigenvalue weighted by Crippen LogP contribution is 2.32. The zero-order chi connectivity index (χ0) is 40.1. The van der Waals surface area contributed by atoms with Crippen LogP contribution in [0.25, 0.3) is 10.4 Å². The Balaban J connectivity index is 1.27. The fourth-order valence-electron chi connectivity index (χ4n) is 5.89. The van der Waals surface area contributed by atoms with Crippen LogP contribution in [0.2, 0.25) is 0 Å². The summed E-state index contributed by atoms with van der Waals surface area (Å²) >= 11 is 0. The number of aryl methyl sites for hydroxylation is 1. The number of hydrogen-bond acceptors (Lipinski definition) is 16. The first kappa shape index (κ1) is 43.0. The average molecular weight is 776 g/mol. The Morgan fingerprint density at radius 1 is 0.982 bits per heavy atom. The van der Waals surface area contributed by atoms with Crippen LogP contribution in [0.1, 0.15) is 48.0 Å². The van der Waals surface area contributed by atoms with E-state index in [1.54, 1.807) is 0 Å². The van der Waals surface area contributed by atoms with E-state index >= 15 is 0 Å². The molecule has 3 amide bonds. The summed E-state index contributed by atoms with van der Waals surface area (Å²) < 4.78 is 17.7. The molecule has 300 valence electrons. The van der Waals surface area contributed by atoms with E-state index in [4.69, 9.17) is 26.2 Å². The van der Waals surface area contributed by atoms with Crippen LogP contribution in [0.3, 0.4) is 0 Å². The van der Waals surface area contributed by atoms with E-state index in [0.29, 0.717) is 30.6 Å². The van der Waals surface area contributed by atoms with Gasteiger partial charge in [-0.25, -0.2) is 4.68 Å². The highest BCUT2D eigenvalue weighted by Gasteiger charge is 2.51. The van der Waals surface area contributed by atoms with Crippen molar-refractivity contribution in [1.29, 1.82) is 0 Å². The van der Waals surface area contributed by atoms with Crippen LogP contribution in [0.5, 0.6) is 0 Å². The summed E-state index contributed by atoms with van der Waals surface area (Å²) in [5.41, 5.74) is 9.53. The van der Waals surface area contributed by atoms with Gasteiger partial charge in [-0.2, -0.15) is 0 Å². The lowest BCUT2D eigenvalue weighted by atomic mass is 9.96. The molecule has 2 fully saturated rings. The molecule has 3 heterocycles. The summed E-state index contributed by atoms with van der Waals surface area (Å²) in [6, 6.07) is 5.14. The molecule has 2 aliphatic rings. The largest absolute Gasteiger partial charge is 0.394 e. The molecule has 4 rings (SSSR count). The predicted molar refractivity (Wildman–Crippen MR) is 185 cm³/mol. The molecule has 2 aromatic rings. The van der Waals surface area contributed by atoms with E-state index in [2.05, 4.69) is 42.2 Å². The molecule has 22 nitrogen and oxygen atoms in total. The molecular formula is C33H45N9O13. The average Bonchev–Trinajstić information content (AvgIpc) is 3.66. The van der Waals surface area contributed by atoms with Crippen molar-refractivity contribution in [3.63, 3.8) is 0 Å². The Hall–Kier alpha value is -4.76. The van der Waals surface area contributed by atoms with Crippen molar-refractivity contribution < 1.29 is 64.3 Å². The highest BCUT2D eigenvalue weighted by molar-refractivity contribution is 5.94. The maximum absolute atomic E-state index is 12.9. The summed E-state index contributed by atoms with van der Waals surface area (Å²) in [5, 5.41) is 91.1. The number of azide groups is 1. The fraction of sp³-hybridized carbons (Fsp3) is 0.606. The zero-order valence-corrected chi connectivity index (χ0v) is 29.4. The maximum atomic E-state index is 12.9. The standard InChI is InChI=1S/C33H45N9O13/c1-2-12-35-31(52)20(5-3-4-13-36-30(51)17-6-8-18(9-7-17)38-40-34)37-23(45)11-10-19-14-42(41-39-19)32-27(49)26(48)29(22(16-44)53-32)55-33-28(50)25(47)24(46)21(15-43)54-33/h1,6-9,14,20-22,24-29,32-33,43-44,46-50H,3-5,10-13,15-16H2,(H,35,52)(H,36,51)(H,37,45)/t20?,21-,22-,24+,25+,26-,27-,28-,29-,32-,33+/m1/s1. The van der Waals surface area contributed by atoms with Gasteiger partial charge in [0.25, 0.3) is 5.91 Å². The van der Waals surface area contributed by atoms with Crippen LogP contribution < -0.4 is 16.0 Å². The van der Waals surface area contributed by atoms with E-state index in [1.165, 1.54) is 30.5 Å². The van der Waals surface area contributed by atoms with Gasteiger partial charge in [-0.15, -0.1) is 11.5 Å². The molecule has 10 N–H and O–H groups in total. The molecule has 22 heteroatoms. The molecule has 1 aromatic heterocycles. The number of aliphatic hydroxyl groups is 7. The van der Waals surface area contributed by atoms with Crippen LogP contribution in [0.15, 0.2) is 35.6 Å². The third kappa shape index (κ3) is 11.4. The second-order valence-corrected chi connectivity index (χ2v) is 12.7. The number of benzene rings is 1. The van der Waals surface area contributed by atoms with Crippen molar-refractivity contribution in [1.82, 2.24) is 30.9 Å². The van der Waals surface area contributed by atoms with E-state index < -0.39 is 92.4 Å². The minimum Gasteiger partial charge on any atom is -0.394 e. The number of hydrogen-bond donors (Lipinski definition) is 10. The number of nitrogens with one attached hydrogen (secondary N) is 3. The Morgan fingerprint density at radius 2 is 1.71 bits per heavy atom. The second kappa shape index (κ2) is 20.8. The van der Waals surface area contributed by atoms with Gasteiger partial charge in [0, 0.05) is 35.5 Å². The molecule has 2 aliphatic heterocycles. The maximum Gasteiger partial charge on any atom is 0.251 e. The van der Waals surface area contributed by atoms with Crippen LogP contribution in [-0.4, -0.2) is 156 Å². The van der Waals surface area contributed by atoms with E-state index in [0.717, 1.165) is 4.68 Å². The van der Waals surface area contributed by atoms with Crippen molar-refractivity contribution in [3.05, 3.63) is 52.2 Å². The first-order valence-electron chi connectivity index (χ1n) is 17.3. The summed E-state index contributed by atoms with van der Waals surface area (Å²) in [7, 11) is 0. The smallest absolute Gasteiger partial charge is 0.251 e. The normalized spacial score (nSPS) is 28.3. The van der Waals surface area contributed by atoms with Gasteiger partial charge >= 0.3 is 0 Å². The van der Waals surface area contributed by atoms with Gasteiger partial charge in [-0.05, 0) is 36.9 Å². The van der Waals surface area contributed by atoms with Crippen LogP contribution in [0.4, 0.5) is 5.69 Å². The van der Waals surface area contributed by atoms with Crippen molar-refractivity contribution >= 4 is 23.4 Å². The molecular weight excluding hydrogens is 730 g/mol. The number of carbonyl (C=O) groups excluding carboxylic acids is 3. The van der Waals surface area contributed by atoms with Gasteiger partial charge in [-0.1, -0.05) is 28.4 Å². The summed E-state index contributed by atoms with van der Waals surface area (Å²) in [4.78, 5) is 40.8. The van der Waals surface area contributed by atoms with Crippen molar-refractivity contribution in [2.45, 2.75) is 99.5 Å². The number of unbranched alkanes of at least 4 members (excludes halogenated alkanes) is 1.